The summed E-state index contributed by atoms with van der Waals surface area (Å²) in [4.78, 5) is 211. The molecule has 2 aromatic heterocycles. The van der Waals surface area contributed by atoms with E-state index in [0.29, 0.717) is 62.3 Å². The van der Waals surface area contributed by atoms with Gasteiger partial charge in [0.2, 0.25) is 47.3 Å². The average molecular weight is 1680 g/mol. The Bertz CT molecular complexity index is 4560. The average Bonchev–Trinajstić information content (AvgIpc) is 1.50. The highest BCUT2D eigenvalue weighted by Crippen LogP contribution is 2.46. The van der Waals surface area contributed by atoms with Gasteiger partial charge in [-0.25, -0.2) is 23.8 Å². The molecule has 15 N–H and O–H groups in total. The molecule has 4 aliphatic heterocycles. The van der Waals surface area contributed by atoms with Crippen LogP contribution in [0.4, 0.5) is 14.9 Å². The minimum atomic E-state index is -4.48. The molecule has 0 radical (unpaired) electrons. The number of ether oxygens (including phenoxy) is 7. The Morgan fingerprint density at radius 1 is 0.754 bits per heavy atom. The fourth-order valence-electron chi connectivity index (χ4n) is 13.8. The molecule has 1 saturated heterocycles. The number of aliphatic hydroxyl groups is 2. The molecule has 2 aromatic carbocycles. The maximum atomic E-state index is 15.6. The minimum Gasteiger partial charge on any atom is -0.464 e. The smallest absolute Gasteiger partial charge is 0.410 e. The van der Waals surface area contributed by atoms with E-state index in [1.807, 2.05) is 0 Å². The van der Waals surface area contributed by atoms with Gasteiger partial charge in [0.15, 0.2) is 12.0 Å². The first kappa shape index (κ1) is 91.3. The summed E-state index contributed by atoms with van der Waals surface area (Å²) < 4.78 is 66.1. The number of cyclic esters (lactones) is 2. The molecule has 0 spiro atoms. The third-order valence-electron chi connectivity index (χ3n) is 20.2. The maximum Gasteiger partial charge on any atom is 0.410 e. The minimum absolute atomic E-state index is 0.0122. The van der Waals surface area contributed by atoms with Crippen molar-refractivity contribution in [2.24, 2.45) is 11.7 Å². The molecule has 0 bridgehead atoms. The van der Waals surface area contributed by atoms with Crippen LogP contribution in [0.3, 0.4) is 0 Å². The van der Waals surface area contributed by atoms with E-state index in [2.05, 4.69) is 47.9 Å². The molecule has 42 heteroatoms. The van der Waals surface area contributed by atoms with Crippen molar-refractivity contribution in [2.45, 2.75) is 160 Å². The number of aryl methyl sites for hydroxylation is 1. The second-order valence-corrected chi connectivity index (χ2v) is 30.6. The van der Waals surface area contributed by atoms with Gasteiger partial charge in [-0.3, -0.25) is 78.2 Å². The number of aliphatic hydroxyl groups excluding tert-OH is 1. The topological polar surface area (TPSA) is 560 Å². The number of hydrogen-bond acceptors (Lipinski definition) is 27. The van der Waals surface area contributed by atoms with Gasteiger partial charge >= 0.3 is 25.6 Å². The molecular formula is C76H100FN14O26P. The summed E-state index contributed by atoms with van der Waals surface area (Å²) >= 11 is 0. The highest BCUT2D eigenvalue weighted by molar-refractivity contribution is 7.51. The first-order valence-corrected chi connectivity index (χ1v) is 40.4. The lowest BCUT2D eigenvalue weighted by atomic mass is 9.81. The second kappa shape index (κ2) is 42.2. The summed E-state index contributed by atoms with van der Waals surface area (Å²) in [6.07, 6.45) is -1.73. The van der Waals surface area contributed by atoms with Crippen molar-refractivity contribution in [2.75, 3.05) is 104 Å². The van der Waals surface area contributed by atoms with Crippen molar-refractivity contribution >= 4 is 101 Å². The molecule has 1 fully saturated rings. The number of likely N-dealkylation sites (N-methyl/N-ethyl adjacent to an activating group) is 1. The highest BCUT2D eigenvalue weighted by atomic mass is 31.2. The van der Waals surface area contributed by atoms with Gasteiger partial charge in [0.25, 0.3) is 17.4 Å². The van der Waals surface area contributed by atoms with Crippen LogP contribution in [0.2, 0.25) is 0 Å². The highest BCUT2D eigenvalue weighted by Gasteiger charge is 2.47. The number of carbonyl (C=O) groups is 13. The number of benzene rings is 2. The van der Waals surface area contributed by atoms with E-state index < -0.39 is 182 Å². The number of amides is 11. The lowest BCUT2D eigenvalue weighted by molar-refractivity contribution is -0.172. The van der Waals surface area contributed by atoms with Crippen molar-refractivity contribution in [3.8, 4) is 11.4 Å². The van der Waals surface area contributed by atoms with Crippen LogP contribution in [0, 0.1) is 18.7 Å². The third-order valence-corrected chi connectivity index (χ3v) is 21.0. The molecule has 1 aliphatic carbocycles. The number of nitrogens with zero attached hydrogens (tertiary/aromatic N) is 4. The lowest BCUT2D eigenvalue weighted by Gasteiger charge is -2.31. The number of anilines is 1. The van der Waals surface area contributed by atoms with E-state index in [9.17, 15) is 81.9 Å². The SMILES string of the molecule is CCN(CC(=O)NC1CCc2c(C)c(F)cc3nc4c(c1c23)Cn1c-4cc2c(c1=O)COC(=O)[C@]2(O)CC)C(=O)OCc1ccc(NC(=O)[C@H](CCCNC(N)O)NC(=O)[C@@H](NC(=O)[C@H](CC(=O)N[C@H]2CCOC2=O)NC(=O)CCOCCOCCOCCOCCNC(=O)[C@H](CNC(=O)CCP(=O)(O)O)N2C(=O)C=CC2=O)C(C)C)cc1. The van der Waals surface area contributed by atoms with Gasteiger partial charge in [0, 0.05) is 79.3 Å². The van der Waals surface area contributed by atoms with Crippen LogP contribution >= 0.6 is 7.60 Å². The van der Waals surface area contributed by atoms with Crippen molar-refractivity contribution < 1.29 is 124 Å². The molecule has 4 aromatic rings. The van der Waals surface area contributed by atoms with Crippen molar-refractivity contribution in [1.82, 2.24) is 61.9 Å². The predicted molar refractivity (Wildman–Crippen MR) is 411 cm³/mol. The van der Waals surface area contributed by atoms with Gasteiger partial charge in [0.05, 0.1) is 107 Å². The molecule has 5 aliphatic rings. The molecule has 9 rings (SSSR count). The van der Waals surface area contributed by atoms with Gasteiger partial charge in [-0.15, -0.1) is 0 Å². The Kier molecular flexibility index (Phi) is 32.6. The van der Waals surface area contributed by atoms with Crippen LogP contribution in [0.15, 0.2) is 53.3 Å². The zero-order valence-electron chi connectivity index (χ0n) is 65.8. The summed E-state index contributed by atoms with van der Waals surface area (Å²) in [6.45, 7) is 7.07. The molecular weight excluding hydrogens is 1570 g/mol. The summed E-state index contributed by atoms with van der Waals surface area (Å²) in [7, 11) is -4.48. The van der Waals surface area contributed by atoms with Crippen LogP contribution in [0.25, 0.3) is 22.3 Å². The maximum absolute atomic E-state index is 15.6. The van der Waals surface area contributed by atoms with E-state index in [4.69, 9.17) is 53.7 Å². The van der Waals surface area contributed by atoms with Crippen LogP contribution in [-0.4, -0.2) is 251 Å². The number of pyridine rings is 2. The molecule has 118 heavy (non-hydrogen) atoms. The number of halogens is 1. The lowest BCUT2D eigenvalue weighted by Crippen LogP contribution is -2.58. The van der Waals surface area contributed by atoms with E-state index in [1.165, 1.54) is 27.7 Å². The summed E-state index contributed by atoms with van der Waals surface area (Å²) in [5.41, 5.74) is 7.03. The normalized spacial score (nSPS) is 17.7. The quantitative estimate of drug-likeness (QED) is 0.00517. The largest absolute Gasteiger partial charge is 0.464 e. The van der Waals surface area contributed by atoms with E-state index in [1.54, 1.807) is 52.8 Å². The number of nitrogens with two attached hydrogens (primary N) is 1. The second-order valence-electron chi connectivity index (χ2n) is 28.8. The third kappa shape index (κ3) is 24.1. The standard InChI is InChI=1S/C76H100FN14O26P/c1-6-76(107)48-33-55-66-46(37-90(55)71(102)47(48)40-116-73(76)104)64-50(15-14-45-42(5)49(77)34-53(86-66)63(45)64)83-60(95)38-89(7-2)75(106)117-39-43-10-12-44(13-11-43)82-67(98)51(9-8-21-80-74(78)105)87-70(101)65(41(3)4)88-68(99)54(35-59(94)84-52-18-24-115-72(52)103)85-58(93)19-23-111-26-28-113-30-31-114-29-27-112-25-22-79-69(100)56(91-61(96)16-17-62(91)97)36-81-57(92)20-32-118(108,109)110/h10-13,16-17,33-34,41,50-52,54,56,65,74,80,105,107H,6-9,14-15,18-32,35-40,78H2,1-5H3,(H,79,100)(H,81,92)(H,82,98)(H,83,95)(H,84,94)(H,85,93)(H,87,101)(H,88,99)(H2,108,109,110)/t50?,51-,52-,54-,56-,65-,74?,76-/m0/s1. The molecule has 6 heterocycles. The number of fused-ring (bicyclic) bond motifs is 5. The number of esters is 2. The number of nitrogens with one attached hydrogen (secondary N) is 9. The van der Waals surface area contributed by atoms with E-state index in [0.717, 1.165) is 12.2 Å². The van der Waals surface area contributed by atoms with Gasteiger partial charge in [-0.2, -0.15) is 0 Å². The number of rotatable bonds is 45. The van der Waals surface area contributed by atoms with Crippen molar-refractivity contribution in [3.63, 3.8) is 0 Å². The van der Waals surface area contributed by atoms with E-state index in [-0.39, 0.29) is 153 Å². The number of imide groups is 1. The predicted octanol–water partition coefficient (Wildman–Crippen LogP) is -1.69. The first-order chi connectivity index (χ1) is 56.2. The fraction of sp³-hybridized carbons (Fsp3) is 0.539. The van der Waals surface area contributed by atoms with Crippen molar-refractivity contribution in [1.29, 1.82) is 0 Å². The van der Waals surface area contributed by atoms with E-state index >= 15 is 4.39 Å². The molecule has 8 atom stereocenters. The van der Waals surface area contributed by atoms with Gasteiger partial charge in [0.1, 0.15) is 55.8 Å². The summed E-state index contributed by atoms with van der Waals surface area (Å²) in [6, 6.07) is 1.54. The Hall–Kier alpha value is -10.6. The van der Waals surface area contributed by atoms with Crippen LogP contribution in [-0.2, 0) is 127 Å². The zero-order chi connectivity index (χ0) is 85.7. The van der Waals surface area contributed by atoms with Gasteiger partial charge < -0.3 is 100 Å². The number of carbonyl (C=O) groups excluding carboxylic acids is 13. The van der Waals surface area contributed by atoms with Gasteiger partial charge in [-0.05, 0) is 98.9 Å². The van der Waals surface area contributed by atoms with Crippen molar-refractivity contribution in [3.05, 3.63) is 104 Å². The molecule has 2 unspecified atom stereocenters. The monoisotopic (exact) mass is 1670 g/mol. The Balaban J connectivity index is 0.723. The molecule has 0 saturated carbocycles. The summed E-state index contributed by atoms with van der Waals surface area (Å²) in [5.74, 6) is -10.6. The van der Waals surface area contributed by atoms with Crippen LogP contribution < -0.4 is 59.1 Å². The summed E-state index contributed by atoms with van der Waals surface area (Å²) in [5, 5.41) is 45.3. The molecule has 642 valence electrons. The van der Waals surface area contributed by atoms with Crippen LogP contribution in [0.1, 0.15) is 124 Å². The Labute approximate surface area is 675 Å². The number of hydrogen-bond donors (Lipinski definition) is 14. The Morgan fingerprint density at radius 2 is 1.42 bits per heavy atom. The van der Waals surface area contributed by atoms with Gasteiger partial charge in [-0.1, -0.05) is 32.9 Å². The molecule has 11 amide bonds. The fourth-order valence-corrected chi connectivity index (χ4v) is 14.3. The number of aromatic nitrogens is 2. The molecule has 40 nitrogen and oxygen atoms in total. The zero-order valence-corrected chi connectivity index (χ0v) is 66.7. The van der Waals surface area contributed by atoms with Crippen LogP contribution in [0.5, 0.6) is 0 Å². The first-order valence-electron chi connectivity index (χ1n) is 38.6. The Morgan fingerprint density at radius 3 is 2.06 bits per heavy atom.